The standard InChI is InChI=1S/C14H28O4Si/c1-13(2,3)19(6,7)8-9-10-11(12(15)16-9)18-14(4,5)17-10/h9-12,15H,8H2,1-7H3/t9-,10-,11-,12?/m1/s1. The molecule has 0 aromatic rings. The van der Waals surface area contributed by atoms with E-state index in [2.05, 4.69) is 33.9 Å². The minimum absolute atomic E-state index is 0.0531. The molecule has 4 atom stereocenters. The van der Waals surface area contributed by atoms with Crippen LogP contribution in [0.2, 0.25) is 24.2 Å². The van der Waals surface area contributed by atoms with Crippen LogP contribution in [-0.2, 0) is 14.2 Å². The van der Waals surface area contributed by atoms with E-state index in [4.69, 9.17) is 14.2 Å². The van der Waals surface area contributed by atoms with Gasteiger partial charge in [0.15, 0.2) is 12.1 Å². The number of aliphatic hydroxyl groups excluding tert-OH is 1. The summed E-state index contributed by atoms with van der Waals surface area (Å²) in [7, 11) is -1.48. The summed E-state index contributed by atoms with van der Waals surface area (Å²) < 4.78 is 17.4. The molecule has 2 saturated heterocycles. The molecule has 1 N–H and O–H groups in total. The Hall–Kier alpha value is 0.0569. The van der Waals surface area contributed by atoms with Gasteiger partial charge in [0.2, 0.25) is 0 Å². The molecule has 5 heteroatoms. The van der Waals surface area contributed by atoms with Gasteiger partial charge in [-0.2, -0.15) is 0 Å². The van der Waals surface area contributed by atoms with Crippen LogP contribution in [-0.4, -0.2) is 43.6 Å². The summed E-state index contributed by atoms with van der Waals surface area (Å²) in [5, 5.41) is 10.3. The molecule has 0 saturated carbocycles. The van der Waals surface area contributed by atoms with Gasteiger partial charge in [0, 0.05) is 0 Å². The van der Waals surface area contributed by atoms with Crippen molar-refractivity contribution in [3.63, 3.8) is 0 Å². The summed E-state index contributed by atoms with van der Waals surface area (Å²) in [6.07, 6.45) is -1.40. The Morgan fingerprint density at radius 3 is 2.16 bits per heavy atom. The summed E-state index contributed by atoms with van der Waals surface area (Å²) in [6.45, 7) is 15.4. The van der Waals surface area contributed by atoms with Crippen LogP contribution < -0.4 is 0 Å². The van der Waals surface area contributed by atoms with Crippen molar-refractivity contribution in [2.24, 2.45) is 0 Å². The molecular formula is C14H28O4Si. The van der Waals surface area contributed by atoms with Crippen LogP contribution in [0, 0.1) is 0 Å². The van der Waals surface area contributed by atoms with Gasteiger partial charge in [0.1, 0.15) is 12.2 Å². The van der Waals surface area contributed by atoms with Crippen molar-refractivity contribution in [2.75, 3.05) is 0 Å². The summed E-state index contributed by atoms with van der Waals surface area (Å²) in [5.74, 6) is -0.619. The van der Waals surface area contributed by atoms with Crippen LogP contribution in [0.15, 0.2) is 0 Å². The van der Waals surface area contributed by atoms with Crippen LogP contribution in [0.1, 0.15) is 34.6 Å². The molecule has 0 radical (unpaired) electrons. The Bertz CT molecular complexity index is 348. The molecular weight excluding hydrogens is 260 g/mol. The van der Waals surface area contributed by atoms with Gasteiger partial charge in [-0.15, -0.1) is 0 Å². The minimum Gasteiger partial charge on any atom is -0.366 e. The molecule has 0 aliphatic carbocycles. The van der Waals surface area contributed by atoms with Crippen LogP contribution in [0.3, 0.4) is 0 Å². The van der Waals surface area contributed by atoms with Crippen LogP contribution in [0.5, 0.6) is 0 Å². The van der Waals surface area contributed by atoms with Gasteiger partial charge in [-0.3, -0.25) is 0 Å². The molecule has 0 bridgehead atoms. The number of hydrogen-bond donors (Lipinski definition) is 1. The Morgan fingerprint density at radius 2 is 1.63 bits per heavy atom. The summed E-state index contributed by atoms with van der Waals surface area (Å²) in [6, 6.07) is 0.980. The molecule has 112 valence electrons. The molecule has 0 spiro atoms. The molecule has 19 heavy (non-hydrogen) atoms. The third-order valence-corrected chi connectivity index (χ3v) is 10.4. The van der Waals surface area contributed by atoms with E-state index in [1.807, 2.05) is 13.8 Å². The number of aliphatic hydroxyl groups is 1. The van der Waals surface area contributed by atoms with Crippen LogP contribution in [0.4, 0.5) is 0 Å². The predicted octanol–water partition coefficient (Wildman–Crippen LogP) is 2.73. The topological polar surface area (TPSA) is 47.9 Å². The summed E-state index contributed by atoms with van der Waals surface area (Å²) in [4.78, 5) is 0. The van der Waals surface area contributed by atoms with Gasteiger partial charge >= 0.3 is 0 Å². The maximum absolute atomic E-state index is 9.99. The first-order valence-corrected chi connectivity index (χ1v) is 10.3. The lowest BCUT2D eigenvalue weighted by molar-refractivity contribution is -0.217. The quantitative estimate of drug-likeness (QED) is 0.794. The largest absolute Gasteiger partial charge is 0.366 e. The first kappa shape index (κ1) is 15.4. The molecule has 4 nitrogen and oxygen atoms in total. The van der Waals surface area contributed by atoms with E-state index < -0.39 is 20.2 Å². The zero-order valence-corrected chi connectivity index (χ0v) is 14.2. The smallest absolute Gasteiger partial charge is 0.184 e. The fourth-order valence-electron chi connectivity index (χ4n) is 2.63. The van der Waals surface area contributed by atoms with Crippen molar-refractivity contribution in [3.8, 4) is 0 Å². The Labute approximate surface area is 117 Å². The normalized spacial score (nSPS) is 38.5. The molecule has 2 aliphatic heterocycles. The number of hydrogen-bond acceptors (Lipinski definition) is 4. The summed E-state index contributed by atoms with van der Waals surface area (Å²) in [5.41, 5.74) is 0. The van der Waals surface area contributed by atoms with Gasteiger partial charge in [0.25, 0.3) is 0 Å². The second kappa shape index (κ2) is 4.53. The Kier molecular flexibility index (Phi) is 3.68. The van der Waals surface area contributed by atoms with Crippen molar-refractivity contribution in [1.29, 1.82) is 0 Å². The first-order valence-electron chi connectivity index (χ1n) is 7.12. The average molecular weight is 288 g/mol. The van der Waals surface area contributed by atoms with E-state index in [9.17, 15) is 5.11 Å². The van der Waals surface area contributed by atoms with Crippen molar-refractivity contribution in [2.45, 2.75) is 89.2 Å². The van der Waals surface area contributed by atoms with Crippen molar-refractivity contribution < 1.29 is 19.3 Å². The molecule has 2 aliphatic rings. The second-order valence-electron chi connectivity index (χ2n) is 7.97. The Morgan fingerprint density at radius 1 is 1.11 bits per heavy atom. The third-order valence-electron chi connectivity index (χ3n) is 4.87. The zero-order valence-electron chi connectivity index (χ0n) is 13.2. The number of rotatable bonds is 2. The highest BCUT2D eigenvalue weighted by molar-refractivity contribution is 6.80. The second-order valence-corrected chi connectivity index (χ2v) is 13.6. The lowest BCUT2D eigenvalue weighted by Gasteiger charge is -2.39. The van der Waals surface area contributed by atoms with E-state index >= 15 is 0 Å². The van der Waals surface area contributed by atoms with Crippen LogP contribution in [0.25, 0.3) is 0 Å². The molecule has 0 aromatic carbocycles. The highest BCUT2D eigenvalue weighted by atomic mass is 28.3. The van der Waals surface area contributed by atoms with Crippen LogP contribution >= 0.6 is 0 Å². The van der Waals surface area contributed by atoms with Crippen molar-refractivity contribution >= 4 is 8.07 Å². The monoisotopic (exact) mass is 288 g/mol. The maximum Gasteiger partial charge on any atom is 0.184 e. The van der Waals surface area contributed by atoms with E-state index in [0.717, 1.165) is 6.04 Å². The fraction of sp³-hybridized carbons (Fsp3) is 1.00. The van der Waals surface area contributed by atoms with Gasteiger partial charge in [-0.25, -0.2) is 0 Å². The first-order chi connectivity index (χ1) is 8.43. The van der Waals surface area contributed by atoms with E-state index in [-0.39, 0.29) is 18.3 Å². The van der Waals surface area contributed by atoms with Crippen molar-refractivity contribution in [1.82, 2.24) is 0 Å². The third kappa shape index (κ3) is 2.90. The van der Waals surface area contributed by atoms with E-state index in [0.29, 0.717) is 5.04 Å². The van der Waals surface area contributed by atoms with Gasteiger partial charge in [-0.05, 0) is 24.9 Å². The molecule has 1 unspecified atom stereocenters. The predicted molar refractivity (Wildman–Crippen MR) is 76.7 cm³/mol. The molecule has 2 fully saturated rings. The number of fused-ring (bicyclic) bond motifs is 1. The zero-order chi connectivity index (χ0) is 14.6. The number of ether oxygens (including phenoxy) is 3. The van der Waals surface area contributed by atoms with Gasteiger partial charge in [-0.1, -0.05) is 33.9 Å². The molecule has 2 heterocycles. The lowest BCUT2D eigenvalue weighted by atomic mass is 10.1. The Balaban J connectivity index is 2.11. The minimum atomic E-state index is -1.48. The van der Waals surface area contributed by atoms with Gasteiger partial charge in [0.05, 0.1) is 14.2 Å². The van der Waals surface area contributed by atoms with Crippen molar-refractivity contribution in [3.05, 3.63) is 0 Å². The average Bonchev–Trinajstić information content (AvgIpc) is 2.62. The molecule has 2 rings (SSSR count). The highest BCUT2D eigenvalue weighted by Crippen LogP contribution is 2.45. The molecule has 0 aromatic heterocycles. The SMILES string of the molecule is CC1(C)O[C@@H]2[C@@H](C[Si](C)(C)C(C)(C)C)OC(O)[C@@H]2O1. The van der Waals surface area contributed by atoms with Gasteiger partial charge < -0.3 is 19.3 Å². The lowest BCUT2D eigenvalue weighted by Crippen LogP contribution is -2.43. The highest BCUT2D eigenvalue weighted by Gasteiger charge is 2.56. The maximum atomic E-state index is 9.99. The fourth-order valence-corrected chi connectivity index (χ4v) is 4.58. The van der Waals surface area contributed by atoms with E-state index in [1.54, 1.807) is 0 Å². The summed E-state index contributed by atoms with van der Waals surface area (Å²) >= 11 is 0. The van der Waals surface area contributed by atoms with E-state index in [1.165, 1.54) is 0 Å². The molecule has 0 amide bonds.